The van der Waals surface area contributed by atoms with Gasteiger partial charge in [-0.2, -0.15) is 5.10 Å². The monoisotopic (exact) mass is 348 g/mol. The summed E-state index contributed by atoms with van der Waals surface area (Å²) in [6.07, 6.45) is 1.27. The van der Waals surface area contributed by atoms with Gasteiger partial charge in [0.15, 0.2) is 11.5 Å². The van der Waals surface area contributed by atoms with Gasteiger partial charge in [0.25, 0.3) is 5.91 Å². The van der Waals surface area contributed by atoms with Crippen molar-refractivity contribution in [3.63, 3.8) is 0 Å². The Hall–Kier alpha value is -3.48. The zero-order valence-electron chi connectivity index (χ0n) is 13.8. The summed E-state index contributed by atoms with van der Waals surface area (Å²) in [5, 5.41) is 10.4. The lowest BCUT2D eigenvalue weighted by molar-refractivity contribution is 0.0974. The maximum absolute atomic E-state index is 13.3. The lowest BCUT2D eigenvalue weighted by Gasteiger charge is -2.37. The number of nitrogens with zero attached hydrogens (tertiary/aromatic N) is 2. The van der Waals surface area contributed by atoms with Crippen LogP contribution in [0.15, 0.2) is 54.7 Å². The summed E-state index contributed by atoms with van der Waals surface area (Å²) in [6, 6.07) is 14.9. The molecule has 0 radical (unpaired) electrons. The van der Waals surface area contributed by atoms with E-state index in [0.717, 1.165) is 17.1 Å². The van der Waals surface area contributed by atoms with Crippen molar-refractivity contribution in [2.75, 3.05) is 23.4 Å². The van der Waals surface area contributed by atoms with E-state index in [-0.39, 0.29) is 5.91 Å². The lowest BCUT2D eigenvalue weighted by atomic mass is 10.0. The van der Waals surface area contributed by atoms with E-state index in [4.69, 9.17) is 9.47 Å². The number of hydrogen-bond acceptors (Lipinski definition) is 5. The Morgan fingerprint density at radius 3 is 2.73 bits per heavy atom. The Kier molecular flexibility index (Phi) is 3.31. The number of anilines is 2. The number of rotatable bonds is 2. The molecule has 0 fully saturated rings. The number of amides is 1. The first-order valence-electron chi connectivity index (χ1n) is 8.39. The van der Waals surface area contributed by atoms with Crippen LogP contribution in [0, 0.1) is 0 Å². The molecule has 0 saturated carbocycles. The van der Waals surface area contributed by atoms with Crippen molar-refractivity contribution in [2.24, 2.45) is 0 Å². The van der Waals surface area contributed by atoms with E-state index in [1.165, 1.54) is 0 Å². The van der Waals surface area contributed by atoms with Crippen LogP contribution in [-0.4, -0.2) is 29.3 Å². The molecule has 0 bridgehead atoms. The van der Waals surface area contributed by atoms with Crippen LogP contribution >= 0.6 is 0 Å². The van der Waals surface area contributed by atoms with Gasteiger partial charge in [0.2, 0.25) is 0 Å². The summed E-state index contributed by atoms with van der Waals surface area (Å²) in [6.45, 7) is 1.02. The zero-order valence-corrected chi connectivity index (χ0v) is 13.8. The summed E-state index contributed by atoms with van der Waals surface area (Å²) in [4.78, 5) is 15.0. The van der Waals surface area contributed by atoms with E-state index >= 15 is 0 Å². The van der Waals surface area contributed by atoms with E-state index in [1.807, 2.05) is 48.5 Å². The highest BCUT2D eigenvalue weighted by atomic mass is 16.6. The third-order valence-electron chi connectivity index (χ3n) is 4.55. The molecule has 3 aromatic rings. The average molecular weight is 348 g/mol. The molecule has 0 spiro atoms. The van der Waals surface area contributed by atoms with Gasteiger partial charge in [0, 0.05) is 18.0 Å². The molecule has 0 saturated heterocycles. The van der Waals surface area contributed by atoms with Crippen molar-refractivity contribution in [3.05, 3.63) is 66.0 Å². The smallest absolute Gasteiger partial charge is 0.262 e. The zero-order chi connectivity index (χ0) is 17.5. The molecule has 1 aromatic heterocycles. The minimum atomic E-state index is -0.401. The highest BCUT2D eigenvalue weighted by Crippen LogP contribution is 2.40. The summed E-state index contributed by atoms with van der Waals surface area (Å²) in [7, 11) is 0. The normalized spacial score (nSPS) is 18.2. The van der Waals surface area contributed by atoms with Gasteiger partial charge in [-0.15, -0.1) is 0 Å². The van der Waals surface area contributed by atoms with Crippen LogP contribution in [0.1, 0.15) is 22.2 Å². The fourth-order valence-corrected chi connectivity index (χ4v) is 3.34. The van der Waals surface area contributed by atoms with Gasteiger partial charge in [-0.3, -0.25) is 14.8 Å². The third-order valence-corrected chi connectivity index (χ3v) is 4.55. The summed E-state index contributed by atoms with van der Waals surface area (Å²) in [5.74, 6) is 1.25. The number of ether oxygens (including phenoxy) is 2. The third kappa shape index (κ3) is 2.28. The minimum absolute atomic E-state index is 0.0874. The number of nitrogens with one attached hydrogen (secondary N) is 2. The van der Waals surface area contributed by atoms with Gasteiger partial charge < -0.3 is 14.8 Å². The molecule has 130 valence electrons. The van der Waals surface area contributed by atoms with Crippen molar-refractivity contribution in [3.8, 4) is 11.5 Å². The van der Waals surface area contributed by atoms with Crippen molar-refractivity contribution < 1.29 is 14.3 Å². The van der Waals surface area contributed by atoms with E-state index in [1.54, 1.807) is 11.1 Å². The van der Waals surface area contributed by atoms with Gasteiger partial charge in [0.05, 0.1) is 16.9 Å². The number of carbonyl (C=O) groups excluding carboxylic acids is 1. The topological polar surface area (TPSA) is 79.5 Å². The Morgan fingerprint density at radius 2 is 1.88 bits per heavy atom. The average Bonchev–Trinajstić information content (AvgIpc) is 3.22. The van der Waals surface area contributed by atoms with Crippen LogP contribution in [0.3, 0.4) is 0 Å². The Morgan fingerprint density at radius 1 is 1.04 bits per heavy atom. The molecule has 7 nitrogen and oxygen atoms in total. The minimum Gasteiger partial charge on any atom is -0.486 e. The van der Waals surface area contributed by atoms with E-state index in [9.17, 15) is 4.79 Å². The van der Waals surface area contributed by atoms with Crippen LogP contribution in [0.25, 0.3) is 0 Å². The molecule has 2 N–H and O–H groups in total. The van der Waals surface area contributed by atoms with Crippen LogP contribution < -0.4 is 19.7 Å². The number of benzene rings is 2. The first-order chi connectivity index (χ1) is 12.8. The predicted molar refractivity (Wildman–Crippen MR) is 95.6 cm³/mol. The molecule has 0 unspecified atom stereocenters. The summed E-state index contributed by atoms with van der Waals surface area (Å²) < 4.78 is 11.3. The van der Waals surface area contributed by atoms with Gasteiger partial charge in [-0.1, -0.05) is 12.1 Å². The van der Waals surface area contributed by atoms with E-state index in [2.05, 4.69) is 15.5 Å². The van der Waals surface area contributed by atoms with Crippen molar-refractivity contribution >= 4 is 17.3 Å². The molecule has 1 atom stereocenters. The van der Waals surface area contributed by atoms with Crippen molar-refractivity contribution in [1.29, 1.82) is 0 Å². The molecule has 2 aromatic carbocycles. The van der Waals surface area contributed by atoms with Gasteiger partial charge in [-0.05, 0) is 30.3 Å². The first kappa shape index (κ1) is 14.8. The maximum atomic E-state index is 13.3. The number of para-hydroxylation sites is 1. The van der Waals surface area contributed by atoms with Gasteiger partial charge in [-0.25, -0.2) is 0 Å². The van der Waals surface area contributed by atoms with Gasteiger partial charge >= 0.3 is 0 Å². The molecule has 0 aliphatic carbocycles. The Bertz CT molecular complexity index is 971. The van der Waals surface area contributed by atoms with Crippen LogP contribution in [0.5, 0.6) is 11.5 Å². The molecule has 3 heterocycles. The quantitative estimate of drug-likeness (QED) is 0.744. The highest BCUT2D eigenvalue weighted by molar-refractivity contribution is 6.12. The number of hydrogen-bond donors (Lipinski definition) is 2. The second-order valence-corrected chi connectivity index (χ2v) is 6.11. The fraction of sp³-hybridized carbons (Fsp3) is 0.158. The maximum Gasteiger partial charge on any atom is 0.262 e. The molecular formula is C19H16N4O3. The van der Waals surface area contributed by atoms with Crippen molar-refractivity contribution in [2.45, 2.75) is 6.17 Å². The molecule has 2 aliphatic rings. The molecule has 5 rings (SSSR count). The second kappa shape index (κ2) is 5.80. The Labute approximate surface area is 149 Å². The van der Waals surface area contributed by atoms with E-state index < -0.39 is 6.17 Å². The predicted octanol–water partition coefficient (Wildman–Crippen LogP) is 2.95. The SMILES string of the molecule is O=C1c2ccccc2N[C@@H](c2ccn[nH]2)N1c1ccc2c(c1)OCCO2. The van der Waals surface area contributed by atoms with Crippen LogP contribution in [-0.2, 0) is 0 Å². The van der Waals surface area contributed by atoms with Crippen LogP contribution in [0.4, 0.5) is 11.4 Å². The van der Waals surface area contributed by atoms with Crippen molar-refractivity contribution in [1.82, 2.24) is 10.2 Å². The highest BCUT2D eigenvalue weighted by Gasteiger charge is 2.35. The lowest BCUT2D eigenvalue weighted by Crippen LogP contribution is -2.43. The van der Waals surface area contributed by atoms with Crippen LogP contribution in [0.2, 0.25) is 0 Å². The summed E-state index contributed by atoms with van der Waals surface area (Å²) in [5.41, 5.74) is 2.94. The first-order valence-corrected chi connectivity index (χ1v) is 8.39. The standard InChI is InChI=1S/C19H16N4O3/c24-19-13-3-1-2-4-14(13)21-18(15-7-8-20-22-15)23(19)12-5-6-16-17(11-12)26-10-9-25-16/h1-8,11,18,21H,9-10H2,(H,20,22)/t18-/m1/s1. The second-order valence-electron chi connectivity index (χ2n) is 6.11. The largest absolute Gasteiger partial charge is 0.486 e. The summed E-state index contributed by atoms with van der Waals surface area (Å²) >= 11 is 0. The number of aromatic nitrogens is 2. The Balaban J connectivity index is 1.63. The number of carbonyl (C=O) groups is 1. The van der Waals surface area contributed by atoms with E-state index in [0.29, 0.717) is 30.3 Å². The van der Waals surface area contributed by atoms with Gasteiger partial charge in [0.1, 0.15) is 19.4 Å². The number of fused-ring (bicyclic) bond motifs is 2. The molecule has 1 amide bonds. The molecule has 26 heavy (non-hydrogen) atoms. The fourth-order valence-electron chi connectivity index (χ4n) is 3.34. The molecular weight excluding hydrogens is 332 g/mol. The molecule has 2 aliphatic heterocycles. The molecule has 7 heteroatoms. The number of H-pyrrole nitrogens is 1. The number of aromatic amines is 1.